The van der Waals surface area contributed by atoms with E-state index in [4.69, 9.17) is 10.6 Å². The van der Waals surface area contributed by atoms with Crippen LogP contribution in [0.3, 0.4) is 0 Å². The zero-order chi connectivity index (χ0) is 15.6. The Hall–Kier alpha value is -1.22. The van der Waals surface area contributed by atoms with Crippen LogP contribution in [0.25, 0.3) is 0 Å². The van der Waals surface area contributed by atoms with E-state index in [1.54, 1.807) is 17.2 Å². The number of carbonyl (C=O) groups excluding carboxylic acids is 1. The van der Waals surface area contributed by atoms with Crippen LogP contribution in [0.4, 0.5) is 5.82 Å². The van der Waals surface area contributed by atoms with Crippen LogP contribution in [-0.4, -0.2) is 52.3 Å². The summed E-state index contributed by atoms with van der Waals surface area (Å²) in [6.07, 6.45) is 1.17. The van der Waals surface area contributed by atoms with Gasteiger partial charge in [0.05, 0.1) is 23.9 Å². The zero-order valence-electron chi connectivity index (χ0n) is 12.0. The van der Waals surface area contributed by atoms with Crippen molar-refractivity contribution in [3.05, 3.63) is 22.3 Å². The minimum atomic E-state index is -0.517. The van der Waals surface area contributed by atoms with Crippen molar-refractivity contribution in [2.24, 2.45) is 5.84 Å². The molecule has 1 aromatic rings. The molecular formula is C13H19BrN4O3. The number of nitrogens with zero attached hydrogens (tertiary/aromatic N) is 2. The van der Waals surface area contributed by atoms with Gasteiger partial charge in [-0.2, -0.15) is 0 Å². The SMILES string of the molecule is CC1(C)CN(C(=O)c2cc(Br)cnc2NN)CC(CO)O1. The lowest BCUT2D eigenvalue weighted by molar-refractivity contribution is -0.139. The van der Waals surface area contributed by atoms with E-state index in [9.17, 15) is 9.90 Å². The lowest BCUT2D eigenvalue weighted by Gasteiger charge is -2.42. The van der Waals surface area contributed by atoms with Crippen LogP contribution in [0, 0.1) is 0 Å². The van der Waals surface area contributed by atoms with Gasteiger partial charge in [-0.3, -0.25) is 4.79 Å². The Kier molecular flexibility index (Phi) is 4.82. The van der Waals surface area contributed by atoms with Crippen molar-refractivity contribution >= 4 is 27.7 Å². The number of hydrogen-bond acceptors (Lipinski definition) is 6. The number of aliphatic hydroxyl groups is 1. The number of anilines is 1. The summed E-state index contributed by atoms with van der Waals surface area (Å²) in [7, 11) is 0. The number of morpholine rings is 1. The maximum Gasteiger partial charge on any atom is 0.257 e. The molecule has 0 saturated carbocycles. The number of pyridine rings is 1. The van der Waals surface area contributed by atoms with Crippen molar-refractivity contribution in [1.82, 2.24) is 9.88 Å². The van der Waals surface area contributed by atoms with E-state index in [1.807, 2.05) is 13.8 Å². The summed E-state index contributed by atoms with van der Waals surface area (Å²) in [6, 6.07) is 1.67. The first-order valence-electron chi connectivity index (χ1n) is 6.56. The Morgan fingerprint density at radius 2 is 2.43 bits per heavy atom. The summed E-state index contributed by atoms with van der Waals surface area (Å²) in [6.45, 7) is 4.40. The van der Waals surface area contributed by atoms with Gasteiger partial charge in [0.2, 0.25) is 0 Å². The van der Waals surface area contributed by atoms with Crippen LogP contribution >= 0.6 is 15.9 Å². The van der Waals surface area contributed by atoms with Gasteiger partial charge in [0.15, 0.2) is 5.82 Å². The quantitative estimate of drug-likeness (QED) is 0.544. The van der Waals surface area contributed by atoms with E-state index in [0.29, 0.717) is 28.9 Å². The standard InChI is InChI=1S/C13H19BrN4O3/c1-13(2)7-18(5-9(6-19)21-13)12(20)10-3-8(14)4-16-11(10)17-15/h3-4,9,19H,5-7,15H2,1-2H3,(H,16,17). The van der Waals surface area contributed by atoms with Gasteiger partial charge < -0.3 is 20.2 Å². The molecule has 1 unspecified atom stereocenters. The smallest absolute Gasteiger partial charge is 0.257 e. The highest BCUT2D eigenvalue weighted by atomic mass is 79.9. The molecule has 1 atom stereocenters. The predicted octanol–water partition coefficient (Wildman–Crippen LogP) is 0.742. The van der Waals surface area contributed by atoms with Gasteiger partial charge in [-0.15, -0.1) is 0 Å². The first-order chi connectivity index (χ1) is 9.86. The number of halogens is 1. The number of rotatable bonds is 3. The molecule has 1 amide bonds. The van der Waals surface area contributed by atoms with Gasteiger partial charge in [-0.25, -0.2) is 10.8 Å². The Morgan fingerprint density at radius 1 is 1.71 bits per heavy atom. The van der Waals surface area contributed by atoms with Crippen LogP contribution < -0.4 is 11.3 Å². The van der Waals surface area contributed by atoms with Crippen molar-refractivity contribution in [3.8, 4) is 0 Å². The maximum absolute atomic E-state index is 12.7. The molecule has 1 fully saturated rings. The molecule has 0 spiro atoms. The van der Waals surface area contributed by atoms with E-state index in [1.165, 1.54) is 0 Å². The molecular weight excluding hydrogens is 340 g/mol. The van der Waals surface area contributed by atoms with Crippen LogP contribution in [-0.2, 0) is 4.74 Å². The van der Waals surface area contributed by atoms with Crippen LogP contribution in [0.1, 0.15) is 24.2 Å². The Bertz CT molecular complexity index is 538. The summed E-state index contributed by atoms with van der Waals surface area (Å²) in [5.41, 5.74) is 2.29. The van der Waals surface area contributed by atoms with E-state index in [2.05, 4.69) is 26.3 Å². The van der Waals surface area contributed by atoms with Gasteiger partial charge in [-0.1, -0.05) is 0 Å². The highest BCUT2D eigenvalue weighted by Crippen LogP contribution is 2.25. The zero-order valence-corrected chi connectivity index (χ0v) is 13.6. The average Bonchev–Trinajstić information content (AvgIpc) is 2.44. The normalized spacial score (nSPS) is 21.2. The fourth-order valence-electron chi connectivity index (χ4n) is 2.43. The lowest BCUT2D eigenvalue weighted by atomic mass is 10.0. The second kappa shape index (κ2) is 6.27. The Balaban J connectivity index is 2.28. The molecule has 1 aliphatic rings. The summed E-state index contributed by atoms with van der Waals surface area (Å²) >= 11 is 3.30. The molecule has 0 bridgehead atoms. The molecule has 21 heavy (non-hydrogen) atoms. The molecule has 1 aromatic heterocycles. The number of aromatic nitrogens is 1. The second-order valence-corrected chi connectivity index (χ2v) is 6.48. The highest BCUT2D eigenvalue weighted by Gasteiger charge is 2.36. The van der Waals surface area contributed by atoms with Crippen LogP contribution in [0.5, 0.6) is 0 Å². The molecule has 7 nitrogen and oxygen atoms in total. The second-order valence-electron chi connectivity index (χ2n) is 5.56. The number of ether oxygens (including phenoxy) is 1. The molecule has 116 valence electrons. The summed E-state index contributed by atoms with van der Waals surface area (Å²) in [5.74, 6) is 5.52. The number of nitrogen functional groups attached to an aromatic ring is 1. The van der Waals surface area contributed by atoms with Gasteiger partial charge in [0.25, 0.3) is 5.91 Å². The third-order valence-electron chi connectivity index (χ3n) is 3.19. The third kappa shape index (κ3) is 3.70. The van der Waals surface area contributed by atoms with Crippen molar-refractivity contribution < 1.29 is 14.6 Å². The summed E-state index contributed by atoms with van der Waals surface area (Å²) in [4.78, 5) is 18.4. The van der Waals surface area contributed by atoms with Gasteiger partial charge in [0.1, 0.15) is 0 Å². The molecule has 1 saturated heterocycles. The van der Waals surface area contributed by atoms with Gasteiger partial charge >= 0.3 is 0 Å². The topological polar surface area (TPSA) is 101 Å². The van der Waals surface area contributed by atoms with Crippen molar-refractivity contribution in [2.45, 2.75) is 25.6 Å². The van der Waals surface area contributed by atoms with Crippen molar-refractivity contribution in [2.75, 3.05) is 25.1 Å². The minimum Gasteiger partial charge on any atom is -0.394 e. The molecule has 0 aromatic carbocycles. The molecule has 4 N–H and O–H groups in total. The number of amides is 1. The van der Waals surface area contributed by atoms with Crippen molar-refractivity contribution in [3.63, 3.8) is 0 Å². The van der Waals surface area contributed by atoms with Crippen LogP contribution in [0.15, 0.2) is 16.7 Å². The molecule has 0 aliphatic carbocycles. The first-order valence-corrected chi connectivity index (χ1v) is 7.35. The van der Waals surface area contributed by atoms with Gasteiger partial charge in [0, 0.05) is 23.8 Å². The molecule has 0 radical (unpaired) electrons. The Labute approximate surface area is 131 Å². The molecule has 1 aliphatic heterocycles. The van der Waals surface area contributed by atoms with E-state index >= 15 is 0 Å². The fraction of sp³-hybridized carbons (Fsp3) is 0.538. The maximum atomic E-state index is 12.7. The fourth-order valence-corrected chi connectivity index (χ4v) is 2.76. The summed E-state index contributed by atoms with van der Waals surface area (Å²) in [5, 5.41) is 9.32. The number of hydrogen-bond donors (Lipinski definition) is 3. The predicted molar refractivity (Wildman–Crippen MR) is 81.7 cm³/mol. The number of nitrogens with two attached hydrogens (primary N) is 1. The molecule has 8 heteroatoms. The van der Waals surface area contributed by atoms with Gasteiger partial charge in [-0.05, 0) is 35.8 Å². The first kappa shape index (κ1) is 16.2. The van der Waals surface area contributed by atoms with E-state index < -0.39 is 11.7 Å². The third-order valence-corrected chi connectivity index (χ3v) is 3.63. The average molecular weight is 359 g/mol. The molecule has 2 rings (SSSR count). The van der Waals surface area contributed by atoms with Crippen molar-refractivity contribution in [1.29, 1.82) is 0 Å². The monoisotopic (exact) mass is 358 g/mol. The highest BCUT2D eigenvalue weighted by molar-refractivity contribution is 9.10. The minimum absolute atomic E-state index is 0.133. The van der Waals surface area contributed by atoms with E-state index in [-0.39, 0.29) is 12.5 Å². The van der Waals surface area contributed by atoms with E-state index in [0.717, 1.165) is 0 Å². The number of nitrogens with one attached hydrogen (secondary N) is 1. The number of carbonyl (C=O) groups is 1. The molecule has 2 heterocycles. The number of hydrazine groups is 1. The largest absolute Gasteiger partial charge is 0.394 e. The lowest BCUT2D eigenvalue weighted by Crippen LogP contribution is -2.55. The Morgan fingerprint density at radius 3 is 3.05 bits per heavy atom. The summed E-state index contributed by atoms with van der Waals surface area (Å²) < 4.78 is 6.40. The number of aliphatic hydroxyl groups excluding tert-OH is 1. The van der Waals surface area contributed by atoms with Crippen LogP contribution in [0.2, 0.25) is 0 Å².